The minimum atomic E-state index is -0.211. The average molecular weight is 262 g/mol. The van der Waals surface area contributed by atoms with Gasteiger partial charge in [-0.3, -0.25) is 4.68 Å². The minimum Gasteiger partial charge on any atom is -0.310 e. The number of nitrogens with zero attached hydrogens (tertiary/aromatic N) is 3. The maximum absolute atomic E-state index is 13.3. The third-order valence-corrected chi connectivity index (χ3v) is 3.08. The van der Waals surface area contributed by atoms with Gasteiger partial charge in [0.25, 0.3) is 0 Å². The number of aromatic nitrogens is 3. The summed E-state index contributed by atoms with van der Waals surface area (Å²) in [5.41, 5.74) is 0.938. The van der Waals surface area contributed by atoms with Crippen LogP contribution in [0.15, 0.2) is 30.6 Å². The maximum Gasteiger partial charge on any atom is 0.138 e. The number of benzene rings is 1. The van der Waals surface area contributed by atoms with Crippen molar-refractivity contribution in [2.45, 2.75) is 32.9 Å². The molecule has 5 heteroatoms. The summed E-state index contributed by atoms with van der Waals surface area (Å²) in [6, 6.07) is 6.75. The second-order valence-corrected chi connectivity index (χ2v) is 4.36. The van der Waals surface area contributed by atoms with Crippen LogP contribution in [0.5, 0.6) is 0 Å². The fourth-order valence-corrected chi connectivity index (χ4v) is 2.17. The third-order valence-electron chi connectivity index (χ3n) is 3.08. The largest absolute Gasteiger partial charge is 0.310 e. The van der Waals surface area contributed by atoms with Gasteiger partial charge in [0.1, 0.15) is 18.0 Å². The molecule has 19 heavy (non-hydrogen) atoms. The maximum atomic E-state index is 13.3. The summed E-state index contributed by atoms with van der Waals surface area (Å²) in [7, 11) is 0. The van der Waals surface area contributed by atoms with Gasteiger partial charge in [0.05, 0.1) is 0 Å². The van der Waals surface area contributed by atoms with E-state index in [-0.39, 0.29) is 11.9 Å². The van der Waals surface area contributed by atoms with Gasteiger partial charge in [-0.05, 0) is 31.2 Å². The first-order valence-corrected chi connectivity index (χ1v) is 6.60. The number of hydrogen-bond acceptors (Lipinski definition) is 3. The van der Waals surface area contributed by atoms with Crippen LogP contribution < -0.4 is 5.32 Å². The quantitative estimate of drug-likeness (QED) is 0.869. The molecular weight excluding hydrogens is 243 g/mol. The molecule has 2 aromatic rings. The van der Waals surface area contributed by atoms with E-state index in [1.54, 1.807) is 18.5 Å². The number of hydrogen-bond donors (Lipinski definition) is 1. The standard InChI is InChI=1S/C14H19FN4/c1-3-16-13(11-6-5-7-12(15)8-11)9-14-17-10-18-19(14)4-2/h5-8,10,13,16H,3-4,9H2,1-2H3. The molecule has 0 spiro atoms. The van der Waals surface area contributed by atoms with E-state index in [0.717, 1.165) is 24.5 Å². The van der Waals surface area contributed by atoms with Gasteiger partial charge in [0.2, 0.25) is 0 Å². The van der Waals surface area contributed by atoms with Crippen LogP contribution >= 0.6 is 0 Å². The zero-order valence-electron chi connectivity index (χ0n) is 11.3. The molecule has 1 unspecified atom stereocenters. The molecule has 1 aromatic carbocycles. The van der Waals surface area contributed by atoms with Gasteiger partial charge >= 0.3 is 0 Å². The van der Waals surface area contributed by atoms with Gasteiger partial charge in [-0.25, -0.2) is 9.37 Å². The lowest BCUT2D eigenvalue weighted by Gasteiger charge is -2.18. The van der Waals surface area contributed by atoms with Crippen molar-refractivity contribution in [2.75, 3.05) is 6.54 Å². The average Bonchev–Trinajstić information content (AvgIpc) is 2.85. The smallest absolute Gasteiger partial charge is 0.138 e. The van der Waals surface area contributed by atoms with Crippen molar-refractivity contribution in [2.24, 2.45) is 0 Å². The second kappa shape index (κ2) is 6.43. The lowest BCUT2D eigenvalue weighted by molar-refractivity contribution is 0.506. The Morgan fingerprint density at radius 1 is 1.37 bits per heavy atom. The Kier molecular flexibility index (Phi) is 4.63. The van der Waals surface area contributed by atoms with Crippen LogP contribution in [0, 0.1) is 5.82 Å². The lowest BCUT2D eigenvalue weighted by atomic mass is 10.0. The van der Waals surface area contributed by atoms with E-state index in [2.05, 4.69) is 15.4 Å². The van der Waals surface area contributed by atoms with Crippen molar-refractivity contribution >= 4 is 0 Å². The normalized spacial score (nSPS) is 12.6. The molecule has 0 bridgehead atoms. The molecule has 1 aromatic heterocycles. The van der Waals surface area contributed by atoms with E-state index in [1.165, 1.54) is 6.07 Å². The van der Waals surface area contributed by atoms with Crippen LogP contribution in [-0.2, 0) is 13.0 Å². The van der Waals surface area contributed by atoms with Crippen LogP contribution in [0.2, 0.25) is 0 Å². The molecule has 0 aliphatic carbocycles. The molecule has 1 atom stereocenters. The van der Waals surface area contributed by atoms with E-state index < -0.39 is 0 Å². The van der Waals surface area contributed by atoms with Crippen LogP contribution in [0.3, 0.4) is 0 Å². The number of likely N-dealkylation sites (N-methyl/N-ethyl adjacent to an activating group) is 1. The predicted molar refractivity (Wildman–Crippen MR) is 72.2 cm³/mol. The number of rotatable bonds is 6. The molecule has 2 rings (SSSR count). The first kappa shape index (κ1) is 13.7. The van der Waals surface area contributed by atoms with Crippen LogP contribution in [0.1, 0.15) is 31.3 Å². The van der Waals surface area contributed by atoms with Crippen molar-refractivity contribution in [3.8, 4) is 0 Å². The van der Waals surface area contributed by atoms with Crippen LogP contribution in [0.25, 0.3) is 0 Å². The van der Waals surface area contributed by atoms with Crippen LogP contribution in [0.4, 0.5) is 4.39 Å². The van der Waals surface area contributed by atoms with Crippen molar-refractivity contribution in [3.05, 3.63) is 47.8 Å². The highest BCUT2D eigenvalue weighted by Gasteiger charge is 2.15. The molecule has 0 fully saturated rings. The Balaban J connectivity index is 2.21. The Bertz CT molecular complexity index is 524. The zero-order valence-corrected chi connectivity index (χ0v) is 11.3. The highest BCUT2D eigenvalue weighted by Crippen LogP contribution is 2.18. The van der Waals surface area contributed by atoms with Gasteiger partial charge < -0.3 is 5.32 Å². The van der Waals surface area contributed by atoms with Gasteiger partial charge in [-0.15, -0.1) is 0 Å². The molecular formula is C14H19FN4. The number of aryl methyl sites for hydroxylation is 1. The first-order chi connectivity index (χ1) is 9.24. The Morgan fingerprint density at radius 2 is 2.21 bits per heavy atom. The van der Waals surface area contributed by atoms with Crippen molar-refractivity contribution in [1.29, 1.82) is 0 Å². The lowest BCUT2D eigenvalue weighted by Crippen LogP contribution is -2.24. The first-order valence-electron chi connectivity index (χ1n) is 6.60. The van der Waals surface area contributed by atoms with E-state index >= 15 is 0 Å². The second-order valence-electron chi connectivity index (χ2n) is 4.36. The van der Waals surface area contributed by atoms with Crippen molar-refractivity contribution in [3.63, 3.8) is 0 Å². The fraction of sp³-hybridized carbons (Fsp3) is 0.429. The topological polar surface area (TPSA) is 42.7 Å². The van der Waals surface area contributed by atoms with Gasteiger partial charge in [0, 0.05) is 19.0 Å². The highest BCUT2D eigenvalue weighted by molar-refractivity contribution is 5.21. The molecule has 1 heterocycles. The molecule has 4 nitrogen and oxygen atoms in total. The van der Waals surface area contributed by atoms with E-state index in [4.69, 9.17) is 0 Å². The molecule has 0 aliphatic heterocycles. The Labute approximate surface area is 112 Å². The number of halogens is 1. The molecule has 0 aliphatic rings. The summed E-state index contributed by atoms with van der Waals surface area (Å²) < 4.78 is 15.2. The highest BCUT2D eigenvalue weighted by atomic mass is 19.1. The Hall–Kier alpha value is -1.75. The molecule has 0 saturated carbocycles. The minimum absolute atomic E-state index is 0.0511. The van der Waals surface area contributed by atoms with Crippen molar-refractivity contribution < 1.29 is 4.39 Å². The Morgan fingerprint density at radius 3 is 2.89 bits per heavy atom. The third kappa shape index (κ3) is 3.38. The molecule has 0 amide bonds. The van der Waals surface area contributed by atoms with Crippen molar-refractivity contribution in [1.82, 2.24) is 20.1 Å². The van der Waals surface area contributed by atoms with Gasteiger partial charge in [0.15, 0.2) is 0 Å². The number of nitrogens with one attached hydrogen (secondary N) is 1. The predicted octanol–water partition coefficient (Wildman–Crippen LogP) is 2.33. The van der Waals surface area contributed by atoms with E-state index in [9.17, 15) is 4.39 Å². The van der Waals surface area contributed by atoms with Gasteiger partial charge in [-0.2, -0.15) is 5.10 Å². The summed E-state index contributed by atoms with van der Waals surface area (Å²) in [4.78, 5) is 4.28. The van der Waals surface area contributed by atoms with Gasteiger partial charge in [-0.1, -0.05) is 19.1 Å². The zero-order chi connectivity index (χ0) is 13.7. The summed E-state index contributed by atoms with van der Waals surface area (Å²) >= 11 is 0. The van der Waals surface area contributed by atoms with Crippen LogP contribution in [-0.4, -0.2) is 21.3 Å². The summed E-state index contributed by atoms with van der Waals surface area (Å²) in [6.07, 6.45) is 2.26. The SMILES string of the molecule is CCNC(Cc1ncnn1CC)c1cccc(F)c1. The summed E-state index contributed by atoms with van der Waals surface area (Å²) in [5, 5.41) is 7.53. The summed E-state index contributed by atoms with van der Waals surface area (Å²) in [6.45, 7) is 5.68. The van der Waals surface area contributed by atoms with E-state index in [1.807, 2.05) is 24.6 Å². The van der Waals surface area contributed by atoms with E-state index in [0.29, 0.717) is 6.42 Å². The molecule has 0 radical (unpaired) electrons. The molecule has 1 N–H and O–H groups in total. The molecule has 102 valence electrons. The molecule has 0 saturated heterocycles. The monoisotopic (exact) mass is 262 g/mol. The summed E-state index contributed by atoms with van der Waals surface area (Å²) in [5.74, 6) is 0.704. The fourth-order valence-electron chi connectivity index (χ4n) is 2.17.